The van der Waals surface area contributed by atoms with Gasteiger partial charge in [-0.05, 0) is 55.5 Å². The number of carbonyl (C=O) groups is 2. The van der Waals surface area contributed by atoms with Gasteiger partial charge < -0.3 is 16.4 Å². The molecule has 0 spiro atoms. The number of amides is 2. The lowest BCUT2D eigenvalue weighted by Crippen LogP contribution is -2.52. The van der Waals surface area contributed by atoms with E-state index in [9.17, 15) is 22.4 Å². The maximum atomic E-state index is 13.2. The van der Waals surface area contributed by atoms with Crippen molar-refractivity contribution in [3.63, 3.8) is 0 Å². The van der Waals surface area contributed by atoms with Gasteiger partial charge in [-0.2, -0.15) is 17.0 Å². The summed E-state index contributed by atoms with van der Waals surface area (Å²) in [5.41, 5.74) is 7.95. The van der Waals surface area contributed by atoms with Crippen LogP contribution in [0.5, 0.6) is 0 Å². The van der Waals surface area contributed by atoms with Gasteiger partial charge in [0.2, 0.25) is 11.8 Å². The van der Waals surface area contributed by atoms with Crippen LogP contribution in [0.1, 0.15) is 31.7 Å². The first kappa shape index (κ1) is 27.2. The van der Waals surface area contributed by atoms with Crippen molar-refractivity contribution in [2.24, 2.45) is 11.7 Å². The smallest absolute Gasteiger partial charge is 0.282 e. The normalized spacial score (nSPS) is 20.2. The van der Waals surface area contributed by atoms with Gasteiger partial charge in [0.15, 0.2) is 0 Å². The van der Waals surface area contributed by atoms with Crippen LogP contribution in [0.2, 0.25) is 0 Å². The van der Waals surface area contributed by atoms with Crippen LogP contribution in [-0.2, 0) is 26.2 Å². The molecule has 11 heteroatoms. The second kappa shape index (κ2) is 11.7. The number of nitrogens with one attached hydrogen (secondary N) is 2. The zero-order valence-corrected chi connectivity index (χ0v) is 21.7. The van der Waals surface area contributed by atoms with Crippen molar-refractivity contribution in [3.05, 3.63) is 66.0 Å². The molecule has 0 bridgehead atoms. The first-order valence-electron chi connectivity index (χ1n) is 12.6. The Balaban J connectivity index is 1.38. The van der Waals surface area contributed by atoms with E-state index in [0.29, 0.717) is 18.7 Å². The lowest BCUT2D eigenvalue weighted by molar-refractivity contribution is -0.122. The minimum atomic E-state index is -3.64. The van der Waals surface area contributed by atoms with E-state index < -0.39 is 39.9 Å². The van der Waals surface area contributed by atoms with Gasteiger partial charge in [-0.25, -0.2) is 4.39 Å². The van der Waals surface area contributed by atoms with Gasteiger partial charge in [-0.1, -0.05) is 37.3 Å². The number of hydrogen-bond acceptors (Lipinski definition) is 5. The van der Waals surface area contributed by atoms with Crippen molar-refractivity contribution in [3.8, 4) is 0 Å². The second-order valence-electron chi connectivity index (χ2n) is 9.84. The van der Waals surface area contributed by atoms with Crippen LogP contribution in [0.3, 0.4) is 0 Å². The van der Waals surface area contributed by atoms with Gasteiger partial charge in [-0.15, -0.1) is 0 Å². The van der Waals surface area contributed by atoms with Gasteiger partial charge >= 0.3 is 0 Å². The quantitative estimate of drug-likeness (QED) is 0.408. The largest absolute Gasteiger partial charge is 0.350 e. The highest BCUT2D eigenvalue weighted by Gasteiger charge is 2.45. The average molecular weight is 532 g/mol. The van der Waals surface area contributed by atoms with Crippen LogP contribution in [0.4, 0.5) is 10.1 Å². The summed E-state index contributed by atoms with van der Waals surface area (Å²) in [4.78, 5) is 25.7. The van der Waals surface area contributed by atoms with Crippen LogP contribution in [-0.4, -0.2) is 66.6 Å². The first-order chi connectivity index (χ1) is 17.6. The minimum absolute atomic E-state index is 0.0554. The Morgan fingerprint density at radius 3 is 2.41 bits per heavy atom. The summed E-state index contributed by atoms with van der Waals surface area (Å²) in [6.45, 7) is 2.14. The fourth-order valence-electron chi connectivity index (χ4n) is 4.55. The van der Waals surface area contributed by atoms with E-state index in [1.54, 1.807) is 6.92 Å². The third-order valence-corrected chi connectivity index (χ3v) is 8.85. The monoisotopic (exact) mass is 531 g/mol. The average Bonchev–Trinajstić information content (AvgIpc) is 3.65. The number of nitrogens with zero attached hydrogens (tertiary/aromatic N) is 2. The highest BCUT2D eigenvalue weighted by Crippen LogP contribution is 2.33. The summed E-state index contributed by atoms with van der Waals surface area (Å²) in [5.74, 6) is -1.58. The first-order valence-corrected chi connectivity index (χ1v) is 14.0. The van der Waals surface area contributed by atoms with E-state index in [0.717, 1.165) is 18.4 Å². The molecule has 2 aliphatic rings. The molecule has 0 aromatic heterocycles. The zero-order chi connectivity index (χ0) is 26.6. The Morgan fingerprint density at radius 1 is 1.08 bits per heavy atom. The van der Waals surface area contributed by atoms with E-state index in [2.05, 4.69) is 10.6 Å². The van der Waals surface area contributed by atoms with Crippen LogP contribution in [0.25, 0.3) is 0 Å². The molecular weight excluding hydrogens is 497 g/mol. The fourth-order valence-corrected chi connectivity index (χ4v) is 6.34. The zero-order valence-electron chi connectivity index (χ0n) is 20.8. The lowest BCUT2D eigenvalue weighted by atomic mass is 9.92. The van der Waals surface area contributed by atoms with Gasteiger partial charge in [0, 0.05) is 42.8 Å². The van der Waals surface area contributed by atoms with Crippen molar-refractivity contribution in [1.82, 2.24) is 13.9 Å². The topological polar surface area (TPSA) is 125 Å². The molecule has 2 fully saturated rings. The Morgan fingerprint density at radius 2 is 1.76 bits per heavy atom. The molecule has 1 saturated carbocycles. The maximum Gasteiger partial charge on any atom is 0.282 e. The van der Waals surface area contributed by atoms with E-state index in [1.807, 2.05) is 30.3 Å². The summed E-state index contributed by atoms with van der Waals surface area (Å²) >= 11 is 0. The number of halogens is 1. The number of rotatable bonds is 11. The molecule has 0 radical (unpaired) electrons. The van der Waals surface area contributed by atoms with Crippen molar-refractivity contribution < 1.29 is 22.4 Å². The van der Waals surface area contributed by atoms with Gasteiger partial charge in [-0.3, -0.25) is 9.59 Å². The van der Waals surface area contributed by atoms with Crippen LogP contribution in [0.15, 0.2) is 54.6 Å². The van der Waals surface area contributed by atoms with Gasteiger partial charge in [0.25, 0.3) is 10.2 Å². The predicted octanol–water partition coefficient (Wildman–Crippen LogP) is 1.87. The van der Waals surface area contributed by atoms with E-state index in [1.165, 1.54) is 32.9 Å². The molecule has 9 nitrogen and oxygen atoms in total. The number of benzene rings is 2. The number of nitrogens with two attached hydrogens (primary N) is 1. The van der Waals surface area contributed by atoms with Crippen molar-refractivity contribution in [2.45, 2.75) is 50.7 Å². The number of anilines is 1. The molecule has 1 aliphatic heterocycles. The Kier molecular flexibility index (Phi) is 8.58. The molecule has 200 valence electrons. The minimum Gasteiger partial charge on any atom is -0.350 e. The molecule has 3 atom stereocenters. The van der Waals surface area contributed by atoms with Crippen LogP contribution in [0, 0.1) is 11.7 Å². The lowest BCUT2D eigenvalue weighted by Gasteiger charge is -2.28. The summed E-state index contributed by atoms with van der Waals surface area (Å²) < 4.78 is 41.4. The standard InChI is InChI=1S/C26H34FN5O4S/c1-18(26(34)29-21-9-7-20(27)8-10-21)15-23(28)24(16-19-5-3-2-4-6-19)30-25(33)17-31-13-14-32(22-11-12-22)37(31,35)36/h2-10,18,22-24H,11-17,28H2,1H3,(H,29,34)(H,30,33)/t18-,23+,24+/m1/s1. The van der Waals surface area contributed by atoms with Crippen molar-refractivity contribution in [2.75, 3.05) is 25.0 Å². The molecule has 2 amide bonds. The highest BCUT2D eigenvalue weighted by molar-refractivity contribution is 7.87. The number of hydrogen-bond donors (Lipinski definition) is 3. The van der Waals surface area contributed by atoms with Crippen molar-refractivity contribution >= 4 is 27.7 Å². The molecule has 2 aromatic carbocycles. The second-order valence-corrected chi connectivity index (χ2v) is 11.7. The van der Waals surface area contributed by atoms with Gasteiger partial charge in [0.05, 0.1) is 6.54 Å². The SMILES string of the molecule is C[C@H](C[C@H](N)[C@H](Cc1ccccc1)NC(=O)CN1CCN(C2CC2)S1(=O)=O)C(=O)Nc1ccc(F)cc1. The molecular formula is C26H34FN5O4S. The van der Waals surface area contributed by atoms with E-state index >= 15 is 0 Å². The van der Waals surface area contributed by atoms with Crippen LogP contribution < -0.4 is 16.4 Å². The van der Waals surface area contributed by atoms with Gasteiger partial charge in [0.1, 0.15) is 5.82 Å². The molecule has 1 aliphatic carbocycles. The van der Waals surface area contributed by atoms with Crippen LogP contribution >= 0.6 is 0 Å². The third kappa shape index (κ3) is 7.13. The fraction of sp³-hybridized carbons (Fsp3) is 0.462. The Labute approximate surface area is 217 Å². The highest BCUT2D eigenvalue weighted by atomic mass is 32.2. The third-order valence-electron chi connectivity index (χ3n) is 6.81. The predicted molar refractivity (Wildman–Crippen MR) is 139 cm³/mol. The summed E-state index contributed by atoms with van der Waals surface area (Å²) in [7, 11) is -3.64. The van der Waals surface area contributed by atoms with Crippen molar-refractivity contribution in [1.29, 1.82) is 0 Å². The summed E-state index contributed by atoms with van der Waals surface area (Å²) in [5, 5.41) is 5.68. The molecule has 0 unspecified atom stereocenters. The maximum absolute atomic E-state index is 13.2. The molecule has 4 N–H and O–H groups in total. The molecule has 1 heterocycles. The molecule has 4 rings (SSSR count). The Bertz CT molecular complexity index is 1190. The van der Waals surface area contributed by atoms with E-state index in [4.69, 9.17) is 5.73 Å². The Hall–Kier alpha value is -2.86. The molecule has 2 aromatic rings. The summed E-state index contributed by atoms with van der Waals surface area (Å²) in [6.07, 6.45) is 2.43. The van der Waals surface area contributed by atoms with E-state index in [-0.39, 0.29) is 31.5 Å². The molecule has 1 saturated heterocycles. The molecule has 37 heavy (non-hydrogen) atoms. The number of carbonyl (C=O) groups excluding carboxylic acids is 2. The summed E-state index contributed by atoms with van der Waals surface area (Å²) in [6, 6.07) is 14.0.